The van der Waals surface area contributed by atoms with Crippen molar-refractivity contribution >= 4 is 0 Å². The number of allylic oxidation sites excluding steroid dienone is 1. The molecule has 54 valence electrons. The second-order valence-electron chi connectivity index (χ2n) is 1.75. The molecule has 0 bridgehead atoms. The summed E-state index contributed by atoms with van der Waals surface area (Å²) < 4.78 is 0. The average molecular weight is 142 g/mol. The summed E-state index contributed by atoms with van der Waals surface area (Å²) >= 11 is 0. The Kier molecular flexibility index (Phi) is 7.21. The van der Waals surface area contributed by atoms with Crippen molar-refractivity contribution in [1.82, 2.24) is 0 Å². The topological polar surface area (TPSA) is 0 Å². The van der Waals surface area contributed by atoms with Crippen molar-refractivity contribution in [3.63, 3.8) is 0 Å². The maximum Gasteiger partial charge on any atom is 0.0133 e. The molecule has 0 saturated heterocycles. The van der Waals surface area contributed by atoms with E-state index < -0.39 is 0 Å². The minimum atomic E-state index is 0.831. The highest BCUT2D eigenvalue weighted by Crippen LogP contribution is 1.83. The fourth-order valence-electron chi connectivity index (χ4n) is 0.406. The van der Waals surface area contributed by atoms with Crippen molar-refractivity contribution in [2.45, 2.75) is 19.8 Å². The lowest BCUT2D eigenvalue weighted by atomic mass is 10.3. The van der Waals surface area contributed by atoms with E-state index in [9.17, 15) is 0 Å². The van der Waals surface area contributed by atoms with Crippen molar-refractivity contribution in [3.8, 4) is 35.5 Å². The van der Waals surface area contributed by atoms with Crippen LogP contribution in [0.3, 0.4) is 0 Å². The fraction of sp³-hybridized carbons (Fsp3) is 0.273. The van der Waals surface area contributed by atoms with Crippen LogP contribution in [0.5, 0.6) is 0 Å². The van der Waals surface area contributed by atoms with Crippen molar-refractivity contribution in [2.24, 2.45) is 0 Å². The maximum atomic E-state index is 3.58. The lowest BCUT2D eigenvalue weighted by molar-refractivity contribution is 1.09. The Morgan fingerprint density at radius 3 is 2.55 bits per heavy atom. The molecule has 0 spiro atoms. The van der Waals surface area contributed by atoms with Gasteiger partial charge in [0, 0.05) is 6.42 Å². The third-order valence-electron chi connectivity index (χ3n) is 0.874. The van der Waals surface area contributed by atoms with Crippen LogP contribution in [-0.4, -0.2) is 0 Å². The van der Waals surface area contributed by atoms with Gasteiger partial charge < -0.3 is 0 Å². The molecule has 0 N–H and O–H groups in total. The van der Waals surface area contributed by atoms with Crippen LogP contribution >= 0.6 is 0 Å². The van der Waals surface area contributed by atoms with Crippen LogP contribution < -0.4 is 0 Å². The SMILES string of the molecule is C=CCCC#CC#CC#CC. The Balaban J connectivity index is 3.62. The van der Waals surface area contributed by atoms with E-state index in [0.29, 0.717) is 0 Å². The molecule has 0 rings (SSSR count). The largest absolute Gasteiger partial charge is 0.103 e. The van der Waals surface area contributed by atoms with Gasteiger partial charge in [-0.1, -0.05) is 17.9 Å². The summed E-state index contributed by atoms with van der Waals surface area (Å²) in [6.45, 7) is 5.33. The number of hydrogen-bond donors (Lipinski definition) is 0. The van der Waals surface area contributed by atoms with Gasteiger partial charge >= 0.3 is 0 Å². The van der Waals surface area contributed by atoms with Crippen LogP contribution in [0.1, 0.15) is 19.8 Å². The monoisotopic (exact) mass is 142 g/mol. The first-order valence-corrected chi connectivity index (χ1v) is 3.42. The van der Waals surface area contributed by atoms with E-state index in [1.807, 2.05) is 6.08 Å². The van der Waals surface area contributed by atoms with Gasteiger partial charge in [0.25, 0.3) is 0 Å². The molecule has 11 heavy (non-hydrogen) atoms. The molecule has 0 aromatic rings. The lowest BCUT2D eigenvalue weighted by Gasteiger charge is -1.75. The van der Waals surface area contributed by atoms with Gasteiger partial charge in [-0.25, -0.2) is 0 Å². The zero-order valence-electron chi connectivity index (χ0n) is 6.70. The Morgan fingerprint density at radius 1 is 1.18 bits per heavy atom. The van der Waals surface area contributed by atoms with E-state index >= 15 is 0 Å². The molecule has 0 atom stereocenters. The number of rotatable bonds is 2. The molecule has 0 unspecified atom stereocenters. The third kappa shape index (κ3) is 8.42. The highest BCUT2D eigenvalue weighted by atomic mass is 13.7. The van der Waals surface area contributed by atoms with Gasteiger partial charge in [0.05, 0.1) is 0 Å². The van der Waals surface area contributed by atoms with E-state index in [2.05, 4.69) is 42.1 Å². The van der Waals surface area contributed by atoms with Crippen LogP contribution in [0.2, 0.25) is 0 Å². The zero-order valence-corrected chi connectivity index (χ0v) is 6.70. The molecule has 0 amide bonds. The predicted octanol–water partition coefficient (Wildman–Crippen LogP) is 1.98. The minimum absolute atomic E-state index is 0.831. The smallest absolute Gasteiger partial charge is 0.0133 e. The molecular weight excluding hydrogens is 132 g/mol. The minimum Gasteiger partial charge on any atom is -0.103 e. The number of unbranched alkanes of at least 4 members (excludes halogenated alkanes) is 1. The molecule has 0 heterocycles. The van der Waals surface area contributed by atoms with Crippen molar-refractivity contribution < 1.29 is 0 Å². The van der Waals surface area contributed by atoms with Gasteiger partial charge in [0.2, 0.25) is 0 Å². The van der Waals surface area contributed by atoms with Crippen LogP contribution in [-0.2, 0) is 0 Å². The Morgan fingerprint density at radius 2 is 1.91 bits per heavy atom. The second-order valence-corrected chi connectivity index (χ2v) is 1.75. The van der Waals surface area contributed by atoms with Crippen molar-refractivity contribution in [3.05, 3.63) is 12.7 Å². The summed E-state index contributed by atoms with van der Waals surface area (Å²) in [5.41, 5.74) is 0. The fourth-order valence-corrected chi connectivity index (χ4v) is 0.406. The second kappa shape index (κ2) is 8.42. The molecule has 0 aliphatic heterocycles. The van der Waals surface area contributed by atoms with Gasteiger partial charge in [-0.2, -0.15) is 0 Å². The quantitative estimate of drug-likeness (QED) is 0.314. The standard InChI is InChI=1S/C11H10/c1-3-5-7-9-11-10-8-6-4-2/h3H,1,5,7H2,2H3. The van der Waals surface area contributed by atoms with Crippen LogP contribution in [0, 0.1) is 35.5 Å². The van der Waals surface area contributed by atoms with Crippen LogP contribution in [0.15, 0.2) is 12.7 Å². The average Bonchev–Trinajstić information content (AvgIpc) is 2.03. The lowest BCUT2D eigenvalue weighted by Crippen LogP contribution is -1.61. The molecule has 0 aliphatic rings. The van der Waals surface area contributed by atoms with E-state index in [-0.39, 0.29) is 0 Å². The highest BCUT2D eigenvalue weighted by Gasteiger charge is 1.69. The summed E-state index contributed by atoms with van der Waals surface area (Å²) in [6, 6.07) is 0. The van der Waals surface area contributed by atoms with E-state index in [4.69, 9.17) is 0 Å². The van der Waals surface area contributed by atoms with E-state index in [1.54, 1.807) is 6.92 Å². The molecule has 0 heteroatoms. The van der Waals surface area contributed by atoms with Gasteiger partial charge in [0.15, 0.2) is 0 Å². The van der Waals surface area contributed by atoms with Gasteiger partial charge in [-0.05, 0) is 37.0 Å². The van der Waals surface area contributed by atoms with Gasteiger partial charge in [0.1, 0.15) is 0 Å². The predicted molar refractivity (Wildman–Crippen MR) is 48.4 cm³/mol. The molecule has 0 radical (unpaired) electrons. The normalized spacial score (nSPS) is 5.55. The zero-order chi connectivity index (χ0) is 8.36. The summed E-state index contributed by atoms with van der Waals surface area (Å²) in [4.78, 5) is 0. The third-order valence-corrected chi connectivity index (χ3v) is 0.874. The molecule has 0 saturated carbocycles. The Labute approximate surface area is 68.7 Å². The molecule has 0 aliphatic carbocycles. The summed E-state index contributed by atoms with van der Waals surface area (Å²) in [5, 5.41) is 0. The van der Waals surface area contributed by atoms with Gasteiger partial charge in [-0.15, -0.1) is 6.58 Å². The highest BCUT2D eigenvalue weighted by molar-refractivity contribution is 5.35. The van der Waals surface area contributed by atoms with E-state index in [1.165, 1.54) is 0 Å². The first kappa shape index (κ1) is 9.42. The van der Waals surface area contributed by atoms with Crippen molar-refractivity contribution in [2.75, 3.05) is 0 Å². The summed E-state index contributed by atoms with van der Waals surface area (Å²) in [5.74, 6) is 16.1. The number of hydrogen-bond acceptors (Lipinski definition) is 0. The van der Waals surface area contributed by atoms with E-state index in [0.717, 1.165) is 12.8 Å². The van der Waals surface area contributed by atoms with Crippen LogP contribution in [0.4, 0.5) is 0 Å². The van der Waals surface area contributed by atoms with Crippen molar-refractivity contribution in [1.29, 1.82) is 0 Å². The van der Waals surface area contributed by atoms with Gasteiger partial charge in [-0.3, -0.25) is 0 Å². The molecule has 0 nitrogen and oxygen atoms in total. The first-order chi connectivity index (χ1) is 5.41. The maximum absolute atomic E-state index is 3.58. The Bertz CT molecular complexity index is 275. The molecular formula is C11H10. The van der Waals surface area contributed by atoms with Crippen LogP contribution in [0.25, 0.3) is 0 Å². The Hall–Kier alpha value is -1.58. The first-order valence-electron chi connectivity index (χ1n) is 3.42. The summed E-state index contributed by atoms with van der Waals surface area (Å²) in [7, 11) is 0. The molecule has 0 fully saturated rings. The molecule has 0 aromatic heterocycles. The molecule has 0 aromatic carbocycles. The summed E-state index contributed by atoms with van der Waals surface area (Å²) in [6.07, 6.45) is 3.60.